The number of hydrogen-bond acceptors (Lipinski definition) is 3. The average Bonchev–Trinajstić information content (AvgIpc) is 2.33. The van der Waals surface area contributed by atoms with Gasteiger partial charge in [0.05, 0.1) is 11.1 Å². The molecule has 0 aromatic heterocycles. The minimum Gasteiger partial charge on any atom is -0.478 e. The van der Waals surface area contributed by atoms with Crippen LogP contribution in [0, 0.1) is 16.7 Å². The maximum atomic E-state index is 11.3. The fourth-order valence-electron chi connectivity index (χ4n) is 2.66. The van der Waals surface area contributed by atoms with E-state index in [-0.39, 0.29) is 16.7 Å². The lowest BCUT2D eigenvalue weighted by Gasteiger charge is -2.29. The Morgan fingerprint density at radius 2 is 1.71 bits per heavy atom. The predicted molar refractivity (Wildman–Crippen MR) is 83.7 cm³/mol. The number of aliphatic imine (C=N–C) groups is 1. The van der Waals surface area contributed by atoms with Crippen molar-refractivity contribution < 1.29 is 9.90 Å². The number of nitriles is 1. The van der Waals surface area contributed by atoms with E-state index in [1.165, 1.54) is 6.07 Å². The summed E-state index contributed by atoms with van der Waals surface area (Å²) in [5.74, 6) is -1.05. The van der Waals surface area contributed by atoms with E-state index in [9.17, 15) is 15.2 Å². The number of carboxylic acids is 1. The van der Waals surface area contributed by atoms with Crippen molar-refractivity contribution >= 4 is 11.7 Å². The Morgan fingerprint density at radius 3 is 2.14 bits per heavy atom. The Bertz CT molecular complexity index is 602. The molecule has 0 bridgehead atoms. The third-order valence-corrected chi connectivity index (χ3v) is 2.90. The van der Waals surface area contributed by atoms with Crippen LogP contribution < -0.4 is 0 Å². The smallest absolute Gasteiger partial charge is 0.336 e. The highest BCUT2D eigenvalue weighted by Crippen LogP contribution is 2.30. The zero-order valence-corrected chi connectivity index (χ0v) is 13.3. The molecule has 0 spiro atoms. The minimum atomic E-state index is -1.05. The number of hydrogen-bond donors (Lipinski definition) is 1. The SMILES string of the molecule is CC(C)(C)CC(C)(C)N=C(C#N)c1ccccc1C(=O)O. The van der Waals surface area contributed by atoms with Gasteiger partial charge in [-0.2, -0.15) is 5.26 Å². The Labute approximate surface area is 126 Å². The van der Waals surface area contributed by atoms with Crippen LogP contribution in [0.25, 0.3) is 0 Å². The van der Waals surface area contributed by atoms with Gasteiger partial charge >= 0.3 is 5.97 Å². The number of rotatable bonds is 4. The summed E-state index contributed by atoms with van der Waals surface area (Å²) in [5.41, 5.74) is 0.274. The van der Waals surface area contributed by atoms with Gasteiger partial charge in [-0.15, -0.1) is 0 Å². The Kier molecular flexibility index (Phi) is 4.90. The van der Waals surface area contributed by atoms with E-state index in [0.717, 1.165) is 6.42 Å². The van der Waals surface area contributed by atoms with E-state index in [1.807, 2.05) is 19.9 Å². The van der Waals surface area contributed by atoms with Crippen LogP contribution in [0.1, 0.15) is 57.0 Å². The first-order chi connectivity index (χ1) is 9.56. The second-order valence-electron chi connectivity index (χ2n) is 6.97. The maximum Gasteiger partial charge on any atom is 0.336 e. The van der Waals surface area contributed by atoms with E-state index < -0.39 is 11.5 Å². The zero-order valence-electron chi connectivity index (χ0n) is 13.3. The molecule has 1 aromatic carbocycles. The molecule has 1 N–H and O–H groups in total. The third-order valence-electron chi connectivity index (χ3n) is 2.90. The predicted octanol–water partition coefficient (Wildman–Crippen LogP) is 3.91. The number of carbonyl (C=O) groups is 1. The molecule has 1 rings (SSSR count). The molecule has 0 unspecified atom stereocenters. The first-order valence-corrected chi connectivity index (χ1v) is 6.88. The van der Waals surface area contributed by atoms with Gasteiger partial charge in [0, 0.05) is 5.56 Å². The van der Waals surface area contributed by atoms with E-state index in [1.54, 1.807) is 18.2 Å². The Morgan fingerprint density at radius 1 is 1.19 bits per heavy atom. The van der Waals surface area contributed by atoms with Crippen molar-refractivity contribution in [3.63, 3.8) is 0 Å². The number of carboxylic acid groups (broad SMARTS) is 1. The molecule has 0 radical (unpaired) electrons. The van der Waals surface area contributed by atoms with Crippen molar-refractivity contribution in [3.05, 3.63) is 35.4 Å². The molecule has 1 aromatic rings. The molecule has 0 saturated carbocycles. The summed E-state index contributed by atoms with van der Waals surface area (Å²) < 4.78 is 0. The topological polar surface area (TPSA) is 73.5 Å². The Hall–Kier alpha value is -2.15. The fraction of sp³-hybridized carbons (Fsp3) is 0.471. The van der Waals surface area contributed by atoms with Gasteiger partial charge in [-0.1, -0.05) is 39.0 Å². The van der Waals surface area contributed by atoms with E-state index in [2.05, 4.69) is 25.8 Å². The number of aromatic carboxylic acids is 1. The largest absolute Gasteiger partial charge is 0.478 e. The van der Waals surface area contributed by atoms with Crippen molar-refractivity contribution in [3.8, 4) is 6.07 Å². The molecular weight excluding hydrogens is 264 g/mol. The summed E-state index contributed by atoms with van der Waals surface area (Å²) in [5, 5.41) is 18.6. The minimum absolute atomic E-state index is 0.0693. The average molecular weight is 286 g/mol. The second-order valence-corrected chi connectivity index (χ2v) is 6.97. The standard InChI is InChI=1S/C17H22N2O2/c1-16(2,3)11-17(4,5)19-14(10-18)12-8-6-7-9-13(12)15(20)21/h6-9H,11H2,1-5H3,(H,20,21). The molecule has 0 heterocycles. The molecule has 0 aliphatic rings. The maximum absolute atomic E-state index is 11.3. The van der Waals surface area contributed by atoms with E-state index >= 15 is 0 Å². The molecule has 21 heavy (non-hydrogen) atoms. The van der Waals surface area contributed by atoms with Crippen LogP contribution in [0.5, 0.6) is 0 Å². The van der Waals surface area contributed by atoms with Gasteiger partial charge in [0.1, 0.15) is 11.8 Å². The Balaban J connectivity index is 3.29. The van der Waals surface area contributed by atoms with Crippen LogP contribution >= 0.6 is 0 Å². The summed E-state index contributed by atoms with van der Waals surface area (Å²) in [6, 6.07) is 8.51. The summed E-state index contributed by atoms with van der Waals surface area (Å²) in [7, 11) is 0. The third kappa shape index (κ3) is 5.03. The first kappa shape index (κ1) is 16.9. The van der Waals surface area contributed by atoms with E-state index in [4.69, 9.17) is 0 Å². The highest BCUT2D eigenvalue weighted by molar-refractivity contribution is 6.16. The number of benzene rings is 1. The van der Waals surface area contributed by atoms with Crippen molar-refractivity contribution in [1.29, 1.82) is 5.26 Å². The molecule has 0 aliphatic heterocycles. The van der Waals surface area contributed by atoms with Crippen molar-refractivity contribution in [1.82, 2.24) is 0 Å². The molecule has 112 valence electrons. The van der Waals surface area contributed by atoms with Crippen LogP contribution in [0.15, 0.2) is 29.3 Å². The first-order valence-electron chi connectivity index (χ1n) is 6.88. The monoisotopic (exact) mass is 286 g/mol. The van der Waals surface area contributed by atoms with Gasteiger partial charge in [0.15, 0.2) is 0 Å². The fourth-order valence-corrected chi connectivity index (χ4v) is 2.66. The van der Waals surface area contributed by atoms with E-state index in [0.29, 0.717) is 5.56 Å². The molecule has 0 atom stereocenters. The molecular formula is C17H22N2O2. The summed E-state index contributed by atoms with van der Waals surface area (Å²) in [6.07, 6.45) is 0.792. The molecule has 0 amide bonds. The second kappa shape index (κ2) is 6.09. The molecule has 4 heteroatoms. The van der Waals surface area contributed by atoms with Gasteiger partial charge in [-0.25, -0.2) is 4.79 Å². The molecule has 0 aliphatic carbocycles. The van der Waals surface area contributed by atoms with Gasteiger partial charge < -0.3 is 5.11 Å². The van der Waals surface area contributed by atoms with Crippen LogP contribution in [-0.2, 0) is 0 Å². The van der Waals surface area contributed by atoms with Gasteiger partial charge in [0.25, 0.3) is 0 Å². The highest BCUT2D eigenvalue weighted by Gasteiger charge is 2.26. The quantitative estimate of drug-likeness (QED) is 0.853. The molecule has 0 fully saturated rings. The summed E-state index contributed by atoms with van der Waals surface area (Å²) in [6.45, 7) is 10.3. The summed E-state index contributed by atoms with van der Waals surface area (Å²) >= 11 is 0. The van der Waals surface area contributed by atoms with Crippen LogP contribution in [-0.4, -0.2) is 22.3 Å². The lowest BCUT2D eigenvalue weighted by Crippen LogP contribution is -2.26. The van der Waals surface area contributed by atoms with Gasteiger partial charge in [-0.3, -0.25) is 4.99 Å². The zero-order chi connectivity index (χ0) is 16.3. The summed E-state index contributed by atoms with van der Waals surface area (Å²) in [4.78, 5) is 15.8. The molecule has 4 nitrogen and oxygen atoms in total. The number of nitrogens with zero attached hydrogens (tertiary/aromatic N) is 2. The van der Waals surface area contributed by atoms with Crippen molar-refractivity contribution in [2.45, 2.75) is 46.6 Å². The highest BCUT2D eigenvalue weighted by atomic mass is 16.4. The van der Waals surface area contributed by atoms with Crippen molar-refractivity contribution in [2.24, 2.45) is 10.4 Å². The normalized spacial score (nSPS) is 12.9. The van der Waals surface area contributed by atoms with Crippen LogP contribution in [0.2, 0.25) is 0 Å². The van der Waals surface area contributed by atoms with Crippen LogP contribution in [0.3, 0.4) is 0 Å². The molecule has 0 saturated heterocycles. The van der Waals surface area contributed by atoms with Gasteiger partial charge in [-0.05, 0) is 31.7 Å². The van der Waals surface area contributed by atoms with Crippen molar-refractivity contribution in [2.75, 3.05) is 0 Å². The lowest BCUT2D eigenvalue weighted by molar-refractivity contribution is 0.0696. The van der Waals surface area contributed by atoms with Gasteiger partial charge in [0.2, 0.25) is 0 Å². The lowest BCUT2D eigenvalue weighted by atomic mass is 9.82. The van der Waals surface area contributed by atoms with Crippen LogP contribution in [0.4, 0.5) is 0 Å².